The maximum absolute atomic E-state index is 12.8. The third-order valence-corrected chi connectivity index (χ3v) is 6.53. The molecule has 10 heteroatoms. The van der Waals surface area contributed by atoms with Gasteiger partial charge < -0.3 is 9.84 Å². The molecule has 2 aromatic heterocycles. The van der Waals surface area contributed by atoms with Crippen molar-refractivity contribution in [3.05, 3.63) is 30.2 Å². The molecule has 0 fully saturated rings. The molecule has 9 nitrogen and oxygen atoms in total. The number of rotatable bonds is 8. The van der Waals surface area contributed by atoms with Crippen molar-refractivity contribution in [3.63, 3.8) is 0 Å². The summed E-state index contributed by atoms with van der Waals surface area (Å²) in [4.78, 5) is 8.77. The number of allylic oxidation sites excluding steroid dienone is 2. The first-order valence-electron chi connectivity index (χ1n) is 10.3. The van der Waals surface area contributed by atoms with Gasteiger partial charge in [-0.2, -0.15) is 10.1 Å². The molecule has 31 heavy (non-hydrogen) atoms. The molecule has 1 aliphatic carbocycles. The number of aryl methyl sites for hydroxylation is 1. The van der Waals surface area contributed by atoms with Gasteiger partial charge in [0.15, 0.2) is 0 Å². The average Bonchev–Trinajstić information content (AvgIpc) is 3.07. The van der Waals surface area contributed by atoms with E-state index >= 15 is 0 Å². The molecule has 0 radical (unpaired) electrons. The van der Waals surface area contributed by atoms with Crippen molar-refractivity contribution in [2.24, 2.45) is 12.5 Å². The summed E-state index contributed by atoms with van der Waals surface area (Å²) in [6, 6.07) is 1.73. The Balaban J connectivity index is 1.95. The van der Waals surface area contributed by atoms with E-state index in [9.17, 15) is 13.5 Å². The Morgan fingerprint density at radius 1 is 1.32 bits per heavy atom. The van der Waals surface area contributed by atoms with E-state index in [2.05, 4.69) is 39.7 Å². The third-order valence-electron chi connectivity index (χ3n) is 5.24. The zero-order chi connectivity index (χ0) is 22.9. The van der Waals surface area contributed by atoms with Crippen LogP contribution in [-0.4, -0.2) is 45.5 Å². The highest BCUT2D eigenvalue weighted by Gasteiger charge is 2.29. The van der Waals surface area contributed by atoms with Crippen LogP contribution < -0.4 is 9.46 Å². The number of aliphatic hydroxyl groups is 1. The van der Waals surface area contributed by atoms with E-state index in [1.165, 1.54) is 17.1 Å². The molecular weight excluding hydrogens is 418 g/mol. The zero-order valence-electron chi connectivity index (χ0n) is 18.7. The number of nitrogens with one attached hydrogen (secondary N) is 1. The van der Waals surface area contributed by atoms with Crippen LogP contribution >= 0.6 is 0 Å². The van der Waals surface area contributed by atoms with E-state index in [-0.39, 0.29) is 28.7 Å². The van der Waals surface area contributed by atoms with E-state index in [1.807, 2.05) is 0 Å². The van der Waals surface area contributed by atoms with Crippen molar-refractivity contribution in [2.75, 3.05) is 11.3 Å². The fourth-order valence-electron chi connectivity index (χ4n) is 3.46. The number of anilines is 1. The van der Waals surface area contributed by atoms with Crippen LogP contribution in [-0.2, 0) is 17.1 Å². The first-order valence-corrected chi connectivity index (χ1v) is 11.8. The topological polar surface area (TPSA) is 119 Å². The third kappa shape index (κ3) is 6.04. The molecule has 0 amide bonds. The fraction of sp³-hybridized carbons (Fsp3) is 0.571. The summed E-state index contributed by atoms with van der Waals surface area (Å²) >= 11 is 0. The van der Waals surface area contributed by atoms with Gasteiger partial charge in [-0.3, -0.25) is 4.68 Å². The Morgan fingerprint density at radius 3 is 2.68 bits per heavy atom. The molecule has 2 N–H and O–H groups in total. The van der Waals surface area contributed by atoms with E-state index in [0.717, 1.165) is 24.8 Å². The van der Waals surface area contributed by atoms with Gasteiger partial charge in [-0.25, -0.2) is 18.1 Å². The second-order valence-electron chi connectivity index (χ2n) is 9.18. The van der Waals surface area contributed by atoms with Crippen molar-refractivity contribution in [1.82, 2.24) is 19.7 Å². The summed E-state index contributed by atoms with van der Waals surface area (Å²) in [5.41, 5.74) is 0.683. The summed E-state index contributed by atoms with van der Waals surface area (Å²) in [7, 11) is -2.26. The number of ether oxygens (including phenoxy) is 1. The molecule has 0 aliphatic heterocycles. The Labute approximate surface area is 183 Å². The van der Waals surface area contributed by atoms with Crippen LogP contribution in [0.4, 0.5) is 5.95 Å². The van der Waals surface area contributed by atoms with Gasteiger partial charge >= 0.3 is 0 Å². The minimum Gasteiger partial charge on any atom is -0.477 e. The second-order valence-corrected chi connectivity index (χ2v) is 10.9. The Morgan fingerprint density at radius 2 is 2.06 bits per heavy atom. The number of nitrogens with zero attached hydrogens (tertiary/aromatic N) is 4. The van der Waals surface area contributed by atoms with Gasteiger partial charge in [0.25, 0.3) is 10.0 Å². The molecule has 0 saturated heterocycles. The molecule has 0 aromatic carbocycles. The first-order chi connectivity index (χ1) is 14.4. The molecule has 0 saturated carbocycles. The molecule has 1 aliphatic rings. The molecule has 0 bridgehead atoms. The van der Waals surface area contributed by atoms with Gasteiger partial charge in [0.2, 0.25) is 11.8 Å². The van der Waals surface area contributed by atoms with Crippen LogP contribution in [0.3, 0.4) is 0 Å². The minimum absolute atomic E-state index is 0.0192. The van der Waals surface area contributed by atoms with Crippen LogP contribution in [0.2, 0.25) is 0 Å². The summed E-state index contributed by atoms with van der Waals surface area (Å²) in [6.07, 6.45) is 8.25. The number of sulfonamides is 1. The van der Waals surface area contributed by atoms with E-state index < -0.39 is 15.6 Å². The highest BCUT2D eigenvalue weighted by Crippen LogP contribution is 2.42. The number of aromatic nitrogens is 4. The average molecular weight is 450 g/mol. The van der Waals surface area contributed by atoms with Crippen molar-refractivity contribution in [2.45, 2.75) is 63.9 Å². The van der Waals surface area contributed by atoms with Crippen molar-refractivity contribution in [3.8, 4) is 5.88 Å². The van der Waals surface area contributed by atoms with Crippen LogP contribution in [0.25, 0.3) is 5.57 Å². The predicted octanol–water partition coefficient (Wildman–Crippen LogP) is 3.14. The van der Waals surface area contributed by atoms with E-state index in [4.69, 9.17) is 4.74 Å². The SMILES string of the molecule is Cn1cc(S(=O)(=O)Nc2nc(OCCC(C)(C)O)cc(C3=CCCCC3(C)C)n2)cn1. The summed E-state index contributed by atoms with van der Waals surface area (Å²) in [5.74, 6) is 0.183. The molecule has 2 heterocycles. The van der Waals surface area contributed by atoms with Crippen LogP contribution in [0.15, 0.2) is 29.4 Å². The fourth-order valence-corrected chi connectivity index (χ4v) is 4.38. The van der Waals surface area contributed by atoms with E-state index in [0.29, 0.717) is 12.1 Å². The molecule has 3 rings (SSSR count). The largest absolute Gasteiger partial charge is 0.477 e. The molecular formula is C21H31N5O4S. The highest BCUT2D eigenvalue weighted by atomic mass is 32.2. The van der Waals surface area contributed by atoms with E-state index in [1.54, 1.807) is 27.0 Å². The molecule has 2 aromatic rings. The summed E-state index contributed by atoms with van der Waals surface area (Å²) in [6.45, 7) is 7.93. The molecule has 0 spiro atoms. The van der Waals surface area contributed by atoms with Gasteiger partial charge in [-0.05, 0) is 44.1 Å². The first kappa shape index (κ1) is 23.2. The number of hydrogen-bond donors (Lipinski definition) is 2. The quantitative estimate of drug-likeness (QED) is 0.635. The van der Waals surface area contributed by atoms with Gasteiger partial charge in [0.05, 0.1) is 24.1 Å². The normalized spacial score (nSPS) is 16.6. The Hall–Kier alpha value is -2.46. The molecule has 0 unspecified atom stereocenters. The number of hydrogen-bond acceptors (Lipinski definition) is 7. The van der Waals surface area contributed by atoms with Gasteiger partial charge in [-0.15, -0.1) is 0 Å². The van der Waals surface area contributed by atoms with Crippen LogP contribution in [0.1, 0.15) is 59.1 Å². The predicted molar refractivity (Wildman–Crippen MR) is 118 cm³/mol. The maximum atomic E-state index is 12.8. The lowest BCUT2D eigenvalue weighted by Crippen LogP contribution is -2.22. The lowest BCUT2D eigenvalue weighted by molar-refractivity contribution is 0.0547. The lowest BCUT2D eigenvalue weighted by atomic mass is 9.74. The second kappa shape index (κ2) is 8.58. The van der Waals surface area contributed by atoms with Crippen LogP contribution in [0, 0.1) is 5.41 Å². The minimum atomic E-state index is -3.90. The maximum Gasteiger partial charge on any atom is 0.267 e. The van der Waals surface area contributed by atoms with Gasteiger partial charge in [-0.1, -0.05) is 19.9 Å². The summed E-state index contributed by atoms with van der Waals surface area (Å²) in [5, 5.41) is 13.9. The highest BCUT2D eigenvalue weighted by molar-refractivity contribution is 7.92. The Bertz CT molecular complexity index is 1070. The standard InChI is InChI=1S/C21H31N5O4S/c1-20(2)9-7-6-8-16(20)17-12-18(30-11-10-21(3,4)27)24-19(23-17)25-31(28,29)15-13-22-26(5)14-15/h8,12-14,27H,6-7,9-11H2,1-5H3,(H,23,24,25). The molecule has 0 atom stereocenters. The monoisotopic (exact) mass is 449 g/mol. The lowest BCUT2D eigenvalue weighted by Gasteiger charge is -2.31. The van der Waals surface area contributed by atoms with Crippen molar-refractivity contribution in [1.29, 1.82) is 0 Å². The Kier molecular flexibility index (Phi) is 6.43. The van der Waals surface area contributed by atoms with Crippen molar-refractivity contribution < 1.29 is 18.3 Å². The summed E-state index contributed by atoms with van der Waals surface area (Å²) < 4.78 is 35.1. The van der Waals surface area contributed by atoms with Gasteiger partial charge in [0.1, 0.15) is 4.90 Å². The molecule has 170 valence electrons. The van der Waals surface area contributed by atoms with Crippen LogP contribution in [0.5, 0.6) is 5.88 Å². The van der Waals surface area contributed by atoms with Crippen molar-refractivity contribution >= 4 is 21.5 Å². The zero-order valence-corrected chi connectivity index (χ0v) is 19.5. The van der Waals surface area contributed by atoms with Gasteiger partial charge in [0, 0.05) is 25.7 Å². The smallest absolute Gasteiger partial charge is 0.267 e.